The maximum absolute atomic E-state index is 11.1. The van der Waals surface area contributed by atoms with Gasteiger partial charge in [0.05, 0.1) is 16.7 Å². The van der Waals surface area contributed by atoms with Crippen molar-refractivity contribution in [3.05, 3.63) is 78.8 Å². The van der Waals surface area contributed by atoms with E-state index in [4.69, 9.17) is 15.6 Å². The number of aryl methyl sites for hydroxylation is 1. The molecule has 0 unspecified atom stereocenters. The molecule has 1 aromatic carbocycles. The molecule has 2 N–H and O–H groups in total. The number of nitrogens with two attached hydrogens (primary N) is 1. The molecule has 0 spiro atoms. The molecule has 0 radical (unpaired) electrons. The zero-order valence-corrected chi connectivity index (χ0v) is 16.1. The number of amides is 1. The Morgan fingerprint density at radius 3 is 2.80 bits per heavy atom. The number of nitrogens with zero attached hydrogens (tertiary/aromatic N) is 4. The molecule has 0 aliphatic heterocycles. The van der Waals surface area contributed by atoms with E-state index in [-0.39, 0.29) is 0 Å². The van der Waals surface area contributed by atoms with Crippen molar-refractivity contribution in [1.82, 2.24) is 19.6 Å². The summed E-state index contributed by atoms with van der Waals surface area (Å²) in [5.74, 6) is 0.347. The number of carbonyl (C=O) groups is 1. The lowest BCUT2D eigenvalue weighted by Crippen LogP contribution is -2.16. The zero-order chi connectivity index (χ0) is 20.7. The zero-order valence-electron chi connectivity index (χ0n) is 16.1. The molecule has 146 valence electrons. The van der Waals surface area contributed by atoms with Crippen molar-refractivity contribution in [2.24, 2.45) is 5.73 Å². The average Bonchev–Trinajstić information content (AvgIpc) is 3.12. The number of aromatic nitrogens is 4. The standard InChI is InChI=1S/C23H17N5O2/c1-14-5-4-6-18(26-14)22-21(20-7-2-3-12-28(20)27-22)17-10-11-25-19-13-15(30-23(24)29)8-9-16(17)19/h2-13H,1H3,(H2,24,29). The fourth-order valence-electron chi connectivity index (χ4n) is 3.64. The second-order valence-corrected chi connectivity index (χ2v) is 6.88. The number of benzene rings is 1. The molecule has 0 fully saturated rings. The van der Waals surface area contributed by atoms with Gasteiger partial charge in [-0.2, -0.15) is 5.10 Å². The van der Waals surface area contributed by atoms with Gasteiger partial charge in [0.25, 0.3) is 0 Å². The van der Waals surface area contributed by atoms with Gasteiger partial charge >= 0.3 is 6.09 Å². The lowest BCUT2D eigenvalue weighted by atomic mass is 9.98. The first-order valence-electron chi connectivity index (χ1n) is 9.38. The first kappa shape index (κ1) is 17.8. The maximum atomic E-state index is 11.1. The van der Waals surface area contributed by atoms with Gasteiger partial charge in [-0.3, -0.25) is 9.97 Å². The van der Waals surface area contributed by atoms with Crippen molar-refractivity contribution < 1.29 is 9.53 Å². The van der Waals surface area contributed by atoms with Crippen LogP contribution in [0, 0.1) is 6.92 Å². The third-order valence-corrected chi connectivity index (χ3v) is 4.87. The van der Waals surface area contributed by atoms with Crippen molar-refractivity contribution in [2.75, 3.05) is 0 Å². The van der Waals surface area contributed by atoms with Gasteiger partial charge in [0.1, 0.15) is 11.4 Å². The summed E-state index contributed by atoms with van der Waals surface area (Å²) in [5.41, 5.74) is 11.2. The summed E-state index contributed by atoms with van der Waals surface area (Å²) < 4.78 is 6.85. The minimum atomic E-state index is -0.860. The number of rotatable bonds is 3. The molecule has 0 bridgehead atoms. The Morgan fingerprint density at radius 2 is 1.97 bits per heavy atom. The van der Waals surface area contributed by atoms with Gasteiger partial charge in [0, 0.05) is 35.1 Å². The summed E-state index contributed by atoms with van der Waals surface area (Å²) in [6, 6.07) is 19.1. The van der Waals surface area contributed by atoms with Crippen LogP contribution in [0.4, 0.5) is 4.79 Å². The van der Waals surface area contributed by atoms with Crippen LogP contribution in [0.25, 0.3) is 38.9 Å². The van der Waals surface area contributed by atoms with E-state index in [1.165, 1.54) is 0 Å². The Balaban J connectivity index is 1.80. The fourth-order valence-corrected chi connectivity index (χ4v) is 3.64. The highest BCUT2D eigenvalue weighted by atomic mass is 16.5. The Morgan fingerprint density at radius 1 is 1.07 bits per heavy atom. The Kier molecular flexibility index (Phi) is 4.14. The Bertz CT molecular complexity index is 1420. The molecular formula is C23H17N5O2. The number of pyridine rings is 3. The first-order valence-corrected chi connectivity index (χ1v) is 9.38. The van der Waals surface area contributed by atoms with Gasteiger partial charge in [-0.1, -0.05) is 12.1 Å². The minimum absolute atomic E-state index is 0.347. The largest absolute Gasteiger partial charge is 0.410 e. The molecule has 1 amide bonds. The highest BCUT2D eigenvalue weighted by Crippen LogP contribution is 2.38. The SMILES string of the molecule is Cc1cccc(-c2nn3ccccc3c2-c2ccnc3cc(OC(N)=O)ccc23)n1. The van der Waals surface area contributed by atoms with E-state index in [9.17, 15) is 4.79 Å². The molecule has 0 aliphatic carbocycles. The van der Waals surface area contributed by atoms with Crippen LogP contribution < -0.4 is 10.5 Å². The van der Waals surface area contributed by atoms with Crippen LogP contribution >= 0.6 is 0 Å². The summed E-state index contributed by atoms with van der Waals surface area (Å²) in [6.07, 6.45) is 2.78. The van der Waals surface area contributed by atoms with Crippen molar-refractivity contribution >= 4 is 22.5 Å². The highest BCUT2D eigenvalue weighted by molar-refractivity contribution is 6.03. The number of carbonyl (C=O) groups excluding carboxylic acids is 1. The summed E-state index contributed by atoms with van der Waals surface area (Å²) in [5, 5.41) is 5.72. The number of hydrogen-bond acceptors (Lipinski definition) is 5. The monoisotopic (exact) mass is 395 g/mol. The van der Waals surface area contributed by atoms with Gasteiger partial charge in [0.2, 0.25) is 0 Å². The smallest absolute Gasteiger partial charge is 0.409 e. The highest BCUT2D eigenvalue weighted by Gasteiger charge is 2.19. The van der Waals surface area contributed by atoms with Crippen LogP contribution in [0.5, 0.6) is 5.75 Å². The predicted octanol–water partition coefficient (Wildman–Crippen LogP) is 4.38. The molecule has 4 aromatic heterocycles. The van der Waals surface area contributed by atoms with E-state index < -0.39 is 6.09 Å². The third-order valence-electron chi connectivity index (χ3n) is 4.87. The molecule has 0 atom stereocenters. The molecule has 0 saturated heterocycles. The number of primary amides is 1. The van der Waals surface area contributed by atoms with Gasteiger partial charge < -0.3 is 10.5 Å². The summed E-state index contributed by atoms with van der Waals surface area (Å²) >= 11 is 0. The summed E-state index contributed by atoms with van der Waals surface area (Å²) in [6.45, 7) is 1.96. The number of hydrogen-bond donors (Lipinski definition) is 1. The van der Waals surface area contributed by atoms with Gasteiger partial charge in [0.15, 0.2) is 0 Å². The average molecular weight is 395 g/mol. The quantitative estimate of drug-likeness (QED) is 0.489. The van der Waals surface area contributed by atoms with E-state index in [1.54, 1.807) is 18.3 Å². The molecule has 5 aromatic rings. The van der Waals surface area contributed by atoms with E-state index in [0.717, 1.165) is 39.1 Å². The predicted molar refractivity (Wildman–Crippen MR) is 114 cm³/mol. The van der Waals surface area contributed by atoms with E-state index in [1.807, 2.05) is 66.2 Å². The van der Waals surface area contributed by atoms with Gasteiger partial charge in [-0.15, -0.1) is 0 Å². The van der Waals surface area contributed by atoms with Gasteiger partial charge in [-0.05, 0) is 55.0 Å². The molecule has 7 nitrogen and oxygen atoms in total. The second kappa shape index (κ2) is 6.97. The Hall–Kier alpha value is -4.26. The molecule has 0 aliphatic rings. The minimum Gasteiger partial charge on any atom is -0.410 e. The number of ether oxygens (including phenoxy) is 1. The molecule has 7 heteroatoms. The Labute approximate surface area is 171 Å². The lowest BCUT2D eigenvalue weighted by molar-refractivity contribution is 0.211. The molecular weight excluding hydrogens is 378 g/mol. The molecule has 5 rings (SSSR count). The molecule has 0 saturated carbocycles. The number of fused-ring (bicyclic) bond motifs is 2. The maximum Gasteiger partial charge on any atom is 0.409 e. The van der Waals surface area contributed by atoms with Crippen LogP contribution in [0.1, 0.15) is 5.69 Å². The third kappa shape index (κ3) is 3.02. The lowest BCUT2D eigenvalue weighted by Gasteiger charge is -2.09. The second-order valence-electron chi connectivity index (χ2n) is 6.88. The van der Waals surface area contributed by atoms with Crippen molar-refractivity contribution in [3.63, 3.8) is 0 Å². The first-order chi connectivity index (χ1) is 14.6. The fraction of sp³-hybridized carbons (Fsp3) is 0.0435. The van der Waals surface area contributed by atoms with Crippen LogP contribution in [0.15, 0.2) is 73.1 Å². The van der Waals surface area contributed by atoms with Crippen LogP contribution in [-0.4, -0.2) is 25.7 Å². The normalized spacial score (nSPS) is 11.1. The summed E-state index contributed by atoms with van der Waals surface area (Å²) in [4.78, 5) is 20.2. The van der Waals surface area contributed by atoms with E-state index >= 15 is 0 Å². The van der Waals surface area contributed by atoms with Crippen LogP contribution in [0.3, 0.4) is 0 Å². The van der Waals surface area contributed by atoms with Crippen LogP contribution in [-0.2, 0) is 0 Å². The van der Waals surface area contributed by atoms with Crippen molar-refractivity contribution in [3.8, 4) is 28.3 Å². The van der Waals surface area contributed by atoms with E-state index in [0.29, 0.717) is 11.3 Å². The summed E-state index contributed by atoms with van der Waals surface area (Å²) in [7, 11) is 0. The molecule has 30 heavy (non-hydrogen) atoms. The molecule has 4 heterocycles. The topological polar surface area (TPSA) is 95.4 Å². The van der Waals surface area contributed by atoms with Crippen LogP contribution in [0.2, 0.25) is 0 Å². The van der Waals surface area contributed by atoms with Crippen molar-refractivity contribution in [2.45, 2.75) is 6.92 Å². The van der Waals surface area contributed by atoms with Gasteiger partial charge in [-0.25, -0.2) is 9.31 Å². The van der Waals surface area contributed by atoms with Crippen molar-refractivity contribution in [1.29, 1.82) is 0 Å². The van der Waals surface area contributed by atoms with E-state index in [2.05, 4.69) is 9.97 Å².